The van der Waals surface area contributed by atoms with Gasteiger partial charge in [0.2, 0.25) is 0 Å². The molecule has 104 valence electrons. The lowest BCUT2D eigenvalue weighted by molar-refractivity contribution is -0.139. The lowest BCUT2D eigenvalue weighted by atomic mass is 10.2. The van der Waals surface area contributed by atoms with Crippen LogP contribution in [0.15, 0.2) is 48.5 Å². The molecule has 0 amide bonds. The highest BCUT2D eigenvalue weighted by Gasteiger charge is 2.07. The first-order valence-electron chi connectivity index (χ1n) is 6.09. The van der Waals surface area contributed by atoms with Gasteiger partial charge in [-0.25, -0.2) is 0 Å². The second kappa shape index (κ2) is 6.47. The van der Waals surface area contributed by atoms with Gasteiger partial charge in [-0.3, -0.25) is 4.79 Å². The van der Waals surface area contributed by atoms with Crippen molar-refractivity contribution in [2.75, 3.05) is 6.61 Å². The fourth-order valence-electron chi connectivity index (χ4n) is 1.75. The third kappa shape index (κ3) is 3.14. The van der Waals surface area contributed by atoms with E-state index in [2.05, 4.69) is 48.5 Å². The number of rotatable bonds is 2. The van der Waals surface area contributed by atoms with Crippen molar-refractivity contribution in [1.29, 1.82) is 0 Å². The second-order valence-corrected chi connectivity index (χ2v) is 5.31. The molecule has 1 heterocycles. The van der Waals surface area contributed by atoms with E-state index in [9.17, 15) is 4.79 Å². The van der Waals surface area contributed by atoms with Gasteiger partial charge in [0.1, 0.15) is 6.04 Å². The minimum atomic E-state index is -1.18. The zero-order chi connectivity index (χ0) is 14.5. The summed E-state index contributed by atoms with van der Waals surface area (Å²) in [4.78, 5) is 9.65. The Morgan fingerprint density at radius 1 is 1.05 bits per heavy atom. The van der Waals surface area contributed by atoms with Gasteiger partial charge in [-0.1, -0.05) is 36.4 Å². The van der Waals surface area contributed by atoms with Gasteiger partial charge in [-0.05, 0) is 12.1 Å². The van der Waals surface area contributed by atoms with Gasteiger partial charge in [0.25, 0.3) is 0 Å². The van der Waals surface area contributed by atoms with E-state index in [0.29, 0.717) is 0 Å². The summed E-state index contributed by atoms with van der Waals surface area (Å²) in [5.74, 6) is -1.18. The van der Waals surface area contributed by atoms with E-state index in [1.807, 2.05) is 11.3 Å². The van der Waals surface area contributed by atoms with Crippen LogP contribution in [0.1, 0.15) is 0 Å². The van der Waals surface area contributed by atoms with Crippen molar-refractivity contribution in [3.63, 3.8) is 0 Å². The van der Waals surface area contributed by atoms with E-state index in [4.69, 9.17) is 15.9 Å². The van der Waals surface area contributed by atoms with E-state index in [-0.39, 0.29) is 0 Å². The number of benzene rings is 2. The Hall–Kier alpha value is -1.95. The predicted octanol–water partition coefficient (Wildman–Crippen LogP) is 2.45. The largest absolute Gasteiger partial charge is 0.480 e. The first-order chi connectivity index (χ1) is 9.63. The highest BCUT2D eigenvalue weighted by molar-refractivity contribution is 7.25. The Balaban J connectivity index is 0.000000182. The molecular formula is C15H15NO3S. The molecule has 4 N–H and O–H groups in total. The Morgan fingerprint density at radius 2 is 1.50 bits per heavy atom. The Kier molecular flexibility index (Phi) is 4.68. The number of nitrogens with two attached hydrogens (primary N) is 1. The molecule has 0 saturated heterocycles. The Bertz CT molecular complexity index is 673. The fourth-order valence-corrected chi connectivity index (χ4v) is 2.86. The number of aliphatic hydroxyl groups excluding tert-OH is 1. The molecule has 1 aromatic heterocycles. The van der Waals surface area contributed by atoms with Crippen molar-refractivity contribution in [1.82, 2.24) is 0 Å². The highest BCUT2D eigenvalue weighted by atomic mass is 32.1. The fraction of sp³-hybridized carbons (Fsp3) is 0.133. The number of fused-ring (bicyclic) bond motifs is 3. The molecule has 20 heavy (non-hydrogen) atoms. The molecule has 0 radical (unpaired) electrons. The Labute approximate surface area is 120 Å². The molecular weight excluding hydrogens is 274 g/mol. The molecule has 0 fully saturated rings. The number of hydrogen-bond donors (Lipinski definition) is 3. The minimum Gasteiger partial charge on any atom is -0.480 e. The first kappa shape index (κ1) is 14.5. The van der Waals surface area contributed by atoms with Gasteiger partial charge in [0.05, 0.1) is 6.61 Å². The van der Waals surface area contributed by atoms with Crippen molar-refractivity contribution in [2.45, 2.75) is 6.04 Å². The van der Waals surface area contributed by atoms with Crippen LogP contribution in [0.2, 0.25) is 0 Å². The summed E-state index contributed by atoms with van der Waals surface area (Å²) in [6.07, 6.45) is 0. The summed E-state index contributed by atoms with van der Waals surface area (Å²) in [5.41, 5.74) is 4.77. The number of carboxylic acids is 1. The standard InChI is InChI=1S/C12H8S.C3H7NO3/c1-3-7-11-9(5-1)10-6-2-4-8-12(10)13-11;4-2(1-5)3(6)7/h1-8H;2,5H,1,4H2,(H,6,7). The monoisotopic (exact) mass is 289 g/mol. The minimum absolute atomic E-state index is 0.505. The lowest BCUT2D eigenvalue weighted by Crippen LogP contribution is -2.33. The predicted molar refractivity (Wildman–Crippen MR) is 82.0 cm³/mol. The quantitative estimate of drug-likeness (QED) is 0.676. The molecule has 0 aliphatic heterocycles. The van der Waals surface area contributed by atoms with Crippen molar-refractivity contribution < 1.29 is 15.0 Å². The van der Waals surface area contributed by atoms with Crippen LogP contribution in [0.5, 0.6) is 0 Å². The van der Waals surface area contributed by atoms with Crippen LogP contribution in [0.4, 0.5) is 0 Å². The van der Waals surface area contributed by atoms with Crippen LogP contribution in [0, 0.1) is 0 Å². The number of aliphatic carboxylic acids is 1. The van der Waals surface area contributed by atoms with Gasteiger partial charge < -0.3 is 15.9 Å². The zero-order valence-electron chi connectivity index (χ0n) is 10.7. The summed E-state index contributed by atoms with van der Waals surface area (Å²) in [6.45, 7) is -0.505. The molecule has 0 aliphatic rings. The average Bonchev–Trinajstić information content (AvgIpc) is 2.85. The number of thiophene rings is 1. The third-order valence-corrected chi connectivity index (χ3v) is 3.95. The number of aliphatic hydroxyl groups is 1. The van der Waals surface area contributed by atoms with Crippen LogP contribution in [-0.4, -0.2) is 28.8 Å². The molecule has 5 heteroatoms. The van der Waals surface area contributed by atoms with Crippen LogP contribution < -0.4 is 5.73 Å². The smallest absolute Gasteiger partial charge is 0.322 e. The first-order valence-corrected chi connectivity index (χ1v) is 6.90. The van der Waals surface area contributed by atoms with E-state index >= 15 is 0 Å². The van der Waals surface area contributed by atoms with Gasteiger partial charge in [-0.2, -0.15) is 0 Å². The summed E-state index contributed by atoms with van der Waals surface area (Å²) in [6, 6.07) is 16.0. The molecule has 0 spiro atoms. The molecule has 3 rings (SSSR count). The van der Waals surface area contributed by atoms with Crippen LogP contribution in [0.3, 0.4) is 0 Å². The van der Waals surface area contributed by atoms with Crippen LogP contribution in [0.25, 0.3) is 20.2 Å². The van der Waals surface area contributed by atoms with E-state index < -0.39 is 18.6 Å². The molecule has 0 saturated carbocycles. The highest BCUT2D eigenvalue weighted by Crippen LogP contribution is 2.32. The van der Waals surface area contributed by atoms with Crippen LogP contribution in [-0.2, 0) is 4.79 Å². The maximum atomic E-state index is 9.65. The molecule has 0 aliphatic carbocycles. The van der Waals surface area contributed by atoms with Crippen molar-refractivity contribution >= 4 is 37.5 Å². The Morgan fingerprint density at radius 3 is 1.85 bits per heavy atom. The van der Waals surface area contributed by atoms with Crippen molar-refractivity contribution in [3.8, 4) is 0 Å². The molecule has 4 nitrogen and oxygen atoms in total. The molecule has 3 aromatic rings. The zero-order valence-corrected chi connectivity index (χ0v) is 11.5. The summed E-state index contributed by atoms with van der Waals surface area (Å²) in [7, 11) is 0. The van der Waals surface area contributed by atoms with E-state index in [1.54, 1.807) is 0 Å². The molecule has 1 unspecified atom stereocenters. The van der Waals surface area contributed by atoms with Crippen molar-refractivity contribution in [2.24, 2.45) is 5.73 Å². The van der Waals surface area contributed by atoms with E-state index in [1.165, 1.54) is 20.2 Å². The summed E-state index contributed by atoms with van der Waals surface area (Å²) < 4.78 is 2.76. The number of carboxylic acid groups (broad SMARTS) is 1. The average molecular weight is 289 g/mol. The third-order valence-electron chi connectivity index (χ3n) is 2.80. The number of hydrogen-bond acceptors (Lipinski definition) is 4. The second-order valence-electron chi connectivity index (χ2n) is 4.22. The SMILES string of the molecule is NC(CO)C(=O)O.c1ccc2c(c1)sc1ccccc12. The maximum Gasteiger partial charge on any atom is 0.322 e. The normalized spacial score (nSPS) is 11.9. The van der Waals surface area contributed by atoms with Gasteiger partial charge in [-0.15, -0.1) is 11.3 Å². The number of carbonyl (C=O) groups is 1. The molecule has 1 atom stereocenters. The summed E-state index contributed by atoms with van der Waals surface area (Å²) >= 11 is 1.86. The van der Waals surface area contributed by atoms with Gasteiger partial charge in [0.15, 0.2) is 0 Å². The topological polar surface area (TPSA) is 83.5 Å². The van der Waals surface area contributed by atoms with Crippen molar-refractivity contribution in [3.05, 3.63) is 48.5 Å². The maximum absolute atomic E-state index is 9.65. The summed E-state index contributed by atoms with van der Waals surface area (Å²) in [5, 5.41) is 18.7. The molecule has 2 aromatic carbocycles. The van der Waals surface area contributed by atoms with Crippen LogP contribution >= 0.6 is 11.3 Å². The van der Waals surface area contributed by atoms with Gasteiger partial charge in [0, 0.05) is 20.2 Å². The lowest BCUT2D eigenvalue weighted by Gasteiger charge is -1.96. The van der Waals surface area contributed by atoms with E-state index in [0.717, 1.165) is 0 Å². The van der Waals surface area contributed by atoms with Gasteiger partial charge >= 0.3 is 5.97 Å². The molecule has 0 bridgehead atoms.